The standard InChI is InChI=1S/C4H2F8O6S2.H2S/c5-1(6,3(9,10)19(13,14)15)2(7,8)4(11,12)20(16,17)18;/h(H,13,14,15)(H,16,17,18);1H2. The summed E-state index contributed by atoms with van der Waals surface area (Å²) < 4.78 is 155. The molecule has 0 heterocycles. The first-order valence-corrected chi connectivity index (χ1v) is 6.58. The van der Waals surface area contributed by atoms with Crippen LogP contribution in [0.25, 0.3) is 0 Å². The minimum Gasteiger partial charge on any atom is -0.281 e. The average molecular weight is 396 g/mol. The maximum absolute atomic E-state index is 12.6. The molecule has 6 nitrogen and oxygen atoms in total. The van der Waals surface area contributed by atoms with E-state index >= 15 is 0 Å². The minimum absolute atomic E-state index is 0. The maximum atomic E-state index is 12.6. The van der Waals surface area contributed by atoms with E-state index < -0.39 is 42.6 Å². The third-order valence-electron chi connectivity index (χ3n) is 1.77. The summed E-state index contributed by atoms with van der Waals surface area (Å²) in [5.41, 5.74) is 0. The van der Waals surface area contributed by atoms with Gasteiger partial charge in [-0.3, -0.25) is 9.11 Å². The molecule has 0 aromatic heterocycles. The lowest BCUT2D eigenvalue weighted by atomic mass is 10.2. The van der Waals surface area contributed by atoms with Gasteiger partial charge in [-0.15, -0.1) is 0 Å². The lowest BCUT2D eigenvalue weighted by Crippen LogP contribution is -2.66. The predicted molar refractivity (Wildman–Crippen MR) is 53.3 cm³/mol. The molecule has 0 fully saturated rings. The zero-order chi connectivity index (χ0) is 17.0. The van der Waals surface area contributed by atoms with E-state index in [4.69, 9.17) is 9.11 Å². The molecule has 21 heavy (non-hydrogen) atoms. The molecule has 0 saturated heterocycles. The van der Waals surface area contributed by atoms with Crippen molar-refractivity contribution in [2.45, 2.75) is 22.4 Å². The number of alkyl halides is 8. The second-order valence-electron chi connectivity index (χ2n) is 3.13. The third kappa shape index (κ3) is 3.06. The van der Waals surface area contributed by atoms with Gasteiger partial charge in [-0.2, -0.15) is 65.5 Å². The highest BCUT2D eigenvalue weighted by molar-refractivity contribution is 7.87. The van der Waals surface area contributed by atoms with Gasteiger partial charge < -0.3 is 0 Å². The van der Waals surface area contributed by atoms with Crippen LogP contribution in [0.2, 0.25) is 0 Å². The Morgan fingerprint density at radius 3 is 0.810 bits per heavy atom. The van der Waals surface area contributed by atoms with Gasteiger partial charge in [0.05, 0.1) is 0 Å². The molecule has 0 aromatic rings. The third-order valence-corrected chi connectivity index (χ3v) is 3.58. The molecule has 0 aliphatic heterocycles. The van der Waals surface area contributed by atoms with Crippen LogP contribution >= 0.6 is 13.5 Å². The monoisotopic (exact) mass is 396 g/mol. The summed E-state index contributed by atoms with van der Waals surface area (Å²) in [4.78, 5) is 0. The highest BCUT2D eigenvalue weighted by Crippen LogP contribution is 2.55. The second-order valence-corrected chi connectivity index (χ2v) is 6.06. The highest BCUT2D eigenvalue weighted by Gasteiger charge is 2.87. The van der Waals surface area contributed by atoms with Crippen LogP contribution in [-0.4, -0.2) is 48.3 Å². The Morgan fingerprint density at radius 1 is 0.571 bits per heavy atom. The summed E-state index contributed by atoms with van der Waals surface area (Å²) >= 11 is 0. The van der Waals surface area contributed by atoms with Crippen LogP contribution in [0.3, 0.4) is 0 Å². The fraction of sp³-hybridized carbons (Fsp3) is 1.00. The highest BCUT2D eigenvalue weighted by atomic mass is 32.2. The van der Waals surface area contributed by atoms with Crippen LogP contribution < -0.4 is 0 Å². The van der Waals surface area contributed by atoms with Gasteiger partial charge in [0, 0.05) is 0 Å². The summed E-state index contributed by atoms with van der Waals surface area (Å²) in [6.45, 7) is 0. The first-order chi connectivity index (χ1) is 8.25. The number of hydrogen-bond donors (Lipinski definition) is 2. The van der Waals surface area contributed by atoms with Gasteiger partial charge >= 0.3 is 42.6 Å². The summed E-state index contributed by atoms with van der Waals surface area (Å²) in [6, 6.07) is 0. The molecule has 0 spiro atoms. The van der Waals surface area contributed by atoms with Gasteiger partial charge in [-0.25, -0.2) is 0 Å². The molecule has 0 rings (SSSR count). The normalized spacial score (nSPS) is 15.5. The molecule has 0 aromatic carbocycles. The quantitative estimate of drug-likeness (QED) is 0.536. The van der Waals surface area contributed by atoms with Gasteiger partial charge in [-0.1, -0.05) is 0 Å². The average Bonchev–Trinajstić information content (AvgIpc) is 2.12. The van der Waals surface area contributed by atoms with Gasteiger partial charge in [0.2, 0.25) is 0 Å². The van der Waals surface area contributed by atoms with Gasteiger partial charge in [0.1, 0.15) is 0 Å². The van der Waals surface area contributed by atoms with E-state index in [-0.39, 0.29) is 13.5 Å². The van der Waals surface area contributed by atoms with Crippen molar-refractivity contribution in [3.8, 4) is 0 Å². The first kappa shape index (κ1) is 22.9. The van der Waals surface area contributed by atoms with Crippen molar-refractivity contribution >= 4 is 33.7 Å². The summed E-state index contributed by atoms with van der Waals surface area (Å²) in [5.74, 6) is -15.2. The zero-order valence-electron chi connectivity index (χ0n) is 8.87. The minimum atomic E-state index is -7.58. The van der Waals surface area contributed by atoms with Crippen LogP contribution in [0.1, 0.15) is 0 Å². The predicted octanol–water partition coefficient (Wildman–Crippen LogP) is 1.33. The molecule has 0 aliphatic rings. The van der Waals surface area contributed by atoms with Crippen LogP contribution in [0, 0.1) is 0 Å². The number of hydrogen-bond acceptors (Lipinski definition) is 4. The molecular weight excluding hydrogens is 392 g/mol. The molecule has 0 unspecified atom stereocenters. The molecule has 17 heteroatoms. The fourth-order valence-corrected chi connectivity index (χ4v) is 1.59. The van der Waals surface area contributed by atoms with E-state index in [9.17, 15) is 52.0 Å². The fourth-order valence-electron chi connectivity index (χ4n) is 0.690. The van der Waals surface area contributed by atoms with Gasteiger partial charge in [0.15, 0.2) is 0 Å². The van der Waals surface area contributed by atoms with E-state index in [1.54, 1.807) is 0 Å². The lowest BCUT2D eigenvalue weighted by Gasteiger charge is -2.33. The molecule has 0 aliphatic carbocycles. The van der Waals surface area contributed by atoms with Crippen molar-refractivity contribution in [1.29, 1.82) is 0 Å². The Bertz CT molecular complexity index is 540. The van der Waals surface area contributed by atoms with Crippen LogP contribution in [-0.2, 0) is 20.2 Å². The van der Waals surface area contributed by atoms with Crippen LogP contribution in [0.15, 0.2) is 0 Å². The number of rotatable bonds is 5. The molecule has 0 atom stereocenters. The Kier molecular flexibility index (Phi) is 5.84. The van der Waals surface area contributed by atoms with Crippen molar-refractivity contribution in [3.05, 3.63) is 0 Å². The number of halogens is 8. The molecule has 130 valence electrons. The molecule has 2 N–H and O–H groups in total. The summed E-state index contributed by atoms with van der Waals surface area (Å²) in [6.07, 6.45) is 0. The molecule has 0 amide bonds. The van der Waals surface area contributed by atoms with E-state index in [2.05, 4.69) is 0 Å². The molecule has 0 bridgehead atoms. The van der Waals surface area contributed by atoms with Crippen LogP contribution in [0.5, 0.6) is 0 Å². The van der Waals surface area contributed by atoms with Crippen molar-refractivity contribution in [2.24, 2.45) is 0 Å². The van der Waals surface area contributed by atoms with Crippen molar-refractivity contribution in [3.63, 3.8) is 0 Å². The first-order valence-electron chi connectivity index (χ1n) is 3.70. The Hall–Kier alpha value is -0.390. The van der Waals surface area contributed by atoms with Crippen LogP contribution in [0.4, 0.5) is 35.1 Å². The maximum Gasteiger partial charge on any atom is 0.438 e. The smallest absolute Gasteiger partial charge is 0.281 e. The summed E-state index contributed by atoms with van der Waals surface area (Å²) in [7, 11) is -14.6. The Balaban J connectivity index is 0. The Labute approximate surface area is 118 Å². The van der Waals surface area contributed by atoms with Gasteiger partial charge in [0.25, 0.3) is 0 Å². The second kappa shape index (κ2) is 5.36. The molecule has 0 radical (unpaired) electrons. The SMILES string of the molecule is O=S(=O)(O)C(F)(F)C(F)(F)C(F)(F)C(F)(F)S(=O)(=O)O.S. The topological polar surface area (TPSA) is 109 Å². The Morgan fingerprint density at radius 2 is 0.714 bits per heavy atom. The molecule has 0 saturated carbocycles. The van der Waals surface area contributed by atoms with E-state index in [1.165, 1.54) is 0 Å². The van der Waals surface area contributed by atoms with E-state index in [1.807, 2.05) is 0 Å². The van der Waals surface area contributed by atoms with E-state index in [0.717, 1.165) is 0 Å². The lowest BCUT2D eigenvalue weighted by molar-refractivity contribution is -0.327. The van der Waals surface area contributed by atoms with Crippen molar-refractivity contribution in [1.82, 2.24) is 0 Å². The van der Waals surface area contributed by atoms with Crippen molar-refractivity contribution < 1.29 is 61.1 Å². The van der Waals surface area contributed by atoms with E-state index in [0.29, 0.717) is 0 Å². The van der Waals surface area contributed by atoms with Gasteiger partial charge in [-0.05, 0) is 0 Å². The molecular formula is C4H4F8O6S3. The summed E-state index contributed by atoms with van der Waals surface area (Å²) in [5, 5.41) is -14.3. The van der Waals surface area contributed by atoms with Crippen molar-refractivity contribution in [2.75, 3.05) is 0 Å². The zero-order valence-corrected chi connectivity index (χ0v) is 11.5. The largest absolute Gasteiger partial charge is 0.438 e.